The van der Waals surface area contributed by atoms with E-state index in [0.717, 1.165) is 31.2 Å². The largest absolute Gasteiger partial charge is 0.335 e. The van der Waals surface area contributed by atoms with Crippen LogP contribution in [0.15, 0.2) is 24.3 Å². The Kier molecular flexibility index (Phi) is 6.20. The van der Waals surface area contributed by atoms with Gasteiger partial charge in [0.25, 0.3) is 0 Å². The molecule has 1 unspecified atom stereocenters. The van der Waals surface area contributed by atoms with Gasteiger partial charge in [0.1, 0.15) is 18.4 Å². The van der Waals surface area contributed by atoms with Gasteiger partial charge in [0.2, 0.25) is 11.8 Å². The molecule has 4 rings (SSSR count). The van der Waals surface area contributed by atoms with Gasteiger partial charge in [-0.15, -0.1) is 0 Å². The maximum absolute atomic E-state index is 13.2. The van der Waals surface area contributed by atoms with E-state index >= 15 is 0 Å². The number of amides is 4. The zero-order valence-electron chi connectivity index (χ0n) is 17.2. The van der Waals surface area contributed by atoms with E-state index in [9.17, 15) is 18.8 Å². The van der Waals surface area contributed by atoms with Gasteiger partial charge in [-0.2, -0.15) is 0 Å². The molecule has 30 heavy (non-hydrogen) atoms. The molecule has 0 radical (unpaired) electrons. The zero-order valence-corrected chi connectivity index (χ0v) is 17.2. The van der Waals surface area contributed by atoms with Crippen LogP contribution in [0.2, 0.25) is 0 Å². The number of urea groups is 1. The lowest BCUT2D eigenvalue weighted by Gasteiger charge is -2.40. The minimum absolute atomic E-state index is 0.0149. The van der Waals surface area contributed by atoms with Gasteiger partial charge in [0, 0.05) is 25.7 Å². The number of hydrogen-bond donors (Lipinski definition) is 1. The van der Waals surface area contributed by atoms with Crippen molar-refractivity contribution in [2.24, 2.45) is 0 Å². The minimum Gasteiger partial charge on any atom is -0.335 e. The van der Waals surface area contributed by atoms with E-state index in [1.165, 1.54) is 23.5 Å². The Morgan fingerprint density at radius 1 is 1.03 bits per heavy atom. The number of nitrogens with zero attached hydrogens (tertiary/aromatic N) is 3. The Morgan fingerprint density at radius 3 is 2.50 bits per heavy atom. The fourth-order valence-corrected chi connectivity index (χ4v) is 4.68. The number of benzene rings is 1. The predicted octanol–water partition coefficient (Wildman–Crippen LogP) is 2.11. The molecule has 1 saturated carbocycles. The molecule has 8 heteroatoms. The summed E-state index contributed by atoms with van der Waals surface area (Å²) in [5, 5.41) is 3.12. The number of hydrogen-bond acceptors (Lipinski definition) is 3. The summed E-state index contributed by atoms with van der Waals surface area (Å²) in [5.41, 5.74) is 0.770. The lowest BCUT2D eigenvalue weighted by Crippen LogP contribution is -2.62. The molecular formula is C22H29FN4O3. The molecule has 0 aromatic heterocycles. The summed E-state index contributed by atoms with van der Waals surface area (Å²) < 4.78 is 13.2. The van der Waals surface area contributed by atoms with Gasteiger partial charge >= 0.3 is 6.03 Å². The van der Waals surface area contributed by atoms with Crippen molar-refractivity contribution < 1.29 is 18.8 Å². The second-order valence-corrected chi connectivity index (χ2v) is 8.51. The van der Waals surface area contributed by atoms with Crippen LogP contribution in [0.25, 0.3) is 0 Å². The lowest BCUT2D eigenvalue weighted by molar-refractivity contribution is -0.156. The van der Waals surface area contributed by atoms with E-state index in [1.807, 2.05) is 0 Å². The molecule has 2 saturated heterocycles. The first kappa shape index (κ1) is 20.6. The first-order valence-corrected chi connectivity index (χ1v) is 10.9. The van der Waals surface area contributed by atoms with Crippen LogP contribution in [0, 0.1) is 5.82 Å². The highest BCUT2D eigenvalue weighted by molar-refractivity contribution is 5.95. The molecule has 3 aliphatic rings. The van der Waals surface area contributed by atoms with E-state index in [0.29, 0.717) is 19.5 Å². The highest BCUT2D eigenvalue weighted by atomic mass is 19.1. The third-order valence-corrected chi connectivity index (χ3v) is 6.35. The Balaban J connectivity index is 1.44. The van der Waals surface area contributed by atoms with Crippen molar-refractivity contribution in [3.05, 3.63) is 35.6 Å². The van der Waals surface area contributed by atoms with Gasteiger partial charge in [0.15, 0.2) is 0 Å². The van der Waals surface area contributed by atoms with Gasteiger partial charge in [-0.25, -0.2) is 9.18 Å². The quantitative estimate of drug-likeness (QED) is 0.820. The van der Waals surface area contributed by atoms with Crippen LogP contribution in [0.4, 0.5) is 9.18 Å². The predicted molar refractivity (Wildman–Crippen MR) is 109 cm³/mol. The van der Waals surface area contributed by atoms with Crippen molar-refractivity contribution in [1.29, 1.82) is 0 Å². The monoisotopic (exact) mass is 416 g/mol. The summed E-state index contributed by atoms with van der Waals surface area (Å²) >= 11 is 0. The van der Waals surface area contributed by atoms with Crippen LogP contribution in [-0.4, -0.2) is 70.8 Å². The average Bonchev–Trinajstić information content (AvgIpc) is 2.98. The lowest BCUT2D eigenvalue weighted by atomic mass is 9.96. The summed E-state index contributed by atoms with van der Waals surface area (Å²) in [4.78, 5) is 43.6. The minimum atomic E-state index is -0.661. The van der Waals surface area contributed by atoms with E-state index in [-0.39, 0.29) is 49.3 Å². The van der Waals surface area contributed by atoms with Gasteiger partial charge < -0.3 is 20.0 Å². The van der Waals surface area contributed by atoms with Crippen molar-refractivity contribution in [3.63, 3.8) is 0 Å². The Bertz CT molecular complexity index is 794. The van der Waals surface area contributed by atoms with Crippen LogP contribution in [0.5, 0.6) is 0 Å². The van der Waals surface area contributed by atoms with Gasteiger partial charge in [-0.1, -0.05) is 31.4 Å². The van der Waals surface area contributed by atoms with Crippen LogP contribution in [-0.2, 0) is 16.1 Å². The summed E-state index contributed by atoms with van der Waals surface area (Å²) in [6.07, 6.45) is 6.13. The van der Waals surface area contributed by atoms with E-state index < -0.39 is 6.04 Å². The number of carbonyl (C=O) groups excluding carboxylic acids is 3. The van der Waals surface area contributed by atoms with Gasteiger partial charge in [-0.05, 0) is 37.0 Å². The fourth-order valence-electron chi connectivity index (χ4n) is 4.68. The van der Waals surface area contributed by atoms with Gasteiger partial charge in [-0.3, -0.25) is 9.59 Å². The number of rotatable bonds is 3. The molecule has 1 aromatic rings. The third kappa shape index (κ3) is 4.57. The molecule has 0 spiro atoms. The maximum atomic E-state index is 13.2. The summed E-state index contributed by atoms with van der Waals surface area (Å²) in [6.45, 7) is 1.49. The van der Waals surface area contributed by atoms with E-state index in [4.69, 9.17) is 0 Å². The van der Waals surface area contributed by atoms with Crippen molar-refractivity contribution in [3.8, 4) is 0 Å². The molecule has 7 nitrogen and oxygen atoms in total. The number of halogens is 1. The van der Waals surface area contributed by atoms with E-state index in [2.05, 4.69) is 5.32 Å². The molecule has 2 heterocycles. The molecule has 0 bridgehead atoms. The standard InChI is InChI=1S/C22H29FN4O3/c23-17-9-7-16(8-10-17)13-26-15-20(28)27-12-4-11-25(14-19(27)21(26)29)22(30)24-18-5-2-1-3-6-18/h7-10,18-19H,1-6,11-15H2,(H,24,30). The normalized spacial score (nSPS) is 23.2. The second kappa shape index (κ2) is 9.02. The number of fused-ring (bicyclic) bond motifs is 1. The maximum Gasteiger partial charge on any atom is 0.317 e. The van der Waals surface area contributed by atoms with Crippen LogP contribution in [0.1, 0.15) is 44.1 Å². The van der Waals surface area contributed by atoms with Crippen molar-refractivity contribution in [2.45, 2.75) is 57.2 Å². The number of piperazine rings is 1. The van der Waals surface area contributed by atoms with Crippen molar-refractivity contribution in [2.75, 3.05) is 26.2 Å². The highest BCUT2D eigenvalue weighted by Crippen LogP contribution is 2.21. The topological polar surface area (TPSA) is 73.0 Å². The highest BCUT2D eigenvalue weighted by Gasteiger charge is 2.42. The van der Waals surface area contributed by atoms with Crippen molar-refractivity contribution in [1.82, 2.24) is 20.0 Å². The summed E-state index contributed by atoms with van der Waals surface area (Å²) in [5.74, 6) is -0.595. The van der Waals surface area contributed by atoms with Crippen LogP contribution in [0.3, 0.4) is 0 Å². The molecule has 1 aromatic carbocycles. The SMILES string of the molecule is O=C(NC1CCCCC1)N1CCCN2C(=O)CN(Cc3ccc(F)cc3)C(=O)C2C1. The molecule has 3 fully saturated rings. The number of carbonyl (C=O) groups is 3. The number of nitrogens with one attached hydrogen (secondary N) is 1. The summed E-state index contributed by atoms with van der Waals surface area (Å²) in [7, 11) is 0. The molecule has 1 N–H and O–H groups in total. The molecular weight excluding hydrogens is 387 g/mol. The fraction of sp³-hybridized carbons (Fsp3) is 0.591. The Hall–Kier alpha value is -2.64. The first-order chi connectivity index (χ1) is 14.5. The van der Waals surface area contributed by atoms with Crippen molar-refractivity contribution >= 4 is 17.8 Å². The smallest absolute Gasteiger partial charge is 0.317 e. The average molecular weight is 416 g/mol. The van der Waals surface area contributed by atoms with E-state index in [1.54, 1.807) is 21.9 Å². The van der Waals surface area contributed by atoms with Crippen LogP contribution >= 0.6 is 0 Å². The van der Waals surface area contributed by atoms with Gasteiger partial charge in [0.05, 0.1) is 6.54 Å². The molecule has 1 atom stereocenters. The summed E-state index contributed by atoms with van der Waals surface area (Å²) in [6, 6.07) is 5.34. The Morgan fingerprint density at radius 2 is 1.77 bits per heavy atom. The zero-order chi connectivity index (χ0) is 21.1. The molecule has 2 aliphatic heterocycles. The third-order valence-electron chi connectivity index (χ3n) is 6.35. The van der Waals surface area contributed by atoms with Crippen LogP contribution < -0.4 is 5.32 Å². The molecule has 4 amide bonds. The second-order valence-electron chi connectivity index (χ2n) is 8.51. The first-order valence-electron chi connectivity index (χ1n) is 10.9. The molecule has 1 aliphatic carbocycles. The Labute approximate surface area is 176 Å². The molecule has 162 valence electrons.